The number of rotatable bonds is 21. The molecule has 6 heteroatoms. The van der Waals surface area contributed by atoms with Gasteiger partial charge in [-0.2, -0.15) is 0 Å². The van der Waals surface area contributed by atoms with Gasteiger partial charge < -0.3 is 9.66 Å². The van der Waals surface area contributed by atoms with E-state index in [2.05, 4.69) is 6.92 Å². The van der Waals surface area contributed by atoms with Gasteiger partial charge in [0.1, 0.15) is 0 Å². The molecule has 0 aliphatic carbocycles. The zero-order valence-electron chi connectivity index (χ0n) is 19.7. The monoisotopic (exact) mass is 458 g/mol. The van der Waals surface area contributed by atoms with E-state index < -0.39 is 15.4 Å². The summed E-state index contributed by atoms with van der Waals surface area (Å²) in [6, 6.07) is 0. The fourth-order valence-corrected chi connectivity index (χ4v) is 4.13. The maximum Gasteiger partial charge on any atom is 1.00 e. The van der Waals surface area contributed by atoms with Crippen LogP contribution in [0.3, 0.4) is 0 Å². The molecule has 0 aromatic rings. The van der Waals surface area contributed by atoms with E-state index >= 15 is 0 Å². The molecule has 0 amide bonds. The van der Waals surface area contributed by atoms with Crippen LogP contribution in [-0.2, 0) is 10.1 Å². The van der Waals surface area contributed by atoms with Crippen molar-refractivity contribution in [1.29, 1.82) is 0 Å². The van der Waals surface area contributed by atoms with Crippen LogP contribution in [0.2, 0.25) is 0 Å². The summed E-state index contributed by atoms with van der Waals surface area (Å²) in [6.07, 6.45) is 21.7. The largest absolute Gasteiger partial charge is 1.00 e. The number of hydrogen-bond acceptors (Lipinski definition) is 4. The zero-order chi connectivity index (χ0) is 21.1. The van der Waals surface area contributed by atoms with Crippen molar-refractivity contribution in [3.05, 3.63) is 0 Å². The molecule has 2 unspecified atom stereocenters. The van der Waals surface area contributed by atoms with E-state index in [1.165, 1.54) is 64.7 Å². The number of unbranched alkanes of at least 4 members (excludes halogenated alkanes) is 14. The van der Waals surface area contributed by atoms with Gasteiger partial charge in [-0.1, -0.05) is 110 Å². The van der Waals surface area contributed by atoms with Gasteiger partial charge in [-0.05, 0) is 26.2 Å². The molecule has 0 spiro atoms. The summed E-state index contributed by atoms with van der Waals surface area (Å²) < 4.78 is 32.4. The van der Waals surface area contributed by atoms with E-state index in [0.717, 1.165) is 57.8 Å². The Morgan fingerprint density at radius 2 is 0.966 bits per heavy atom. The average molecular weight is 459 g/mol. The molecule has 2 atom stereocenters. The summed E-state index contributed by atoms with van der Waals surface area (Å²) in [7, 11) is -4.11. The van der Waals surface area contributed by atoms with Gasteiger partial charge >= 0.3 is 51.4 Å². The fourth-order valence-electron chi connectivity index (χ4n) is 3.67. The summed E-state index contributed by atoms with van der Waals surface area (Å²) in [5.74, 6) is 0. The van der Waals surface area contributed by atoms with Gasteiger partial charge in [0, 0.05) is 5.25 Å². The quantitative estimate of drug-likeness (QED) is 0.162. The van der Waals surface area contributed by atoms with Crippen LogP contribution in [0.1, 0.15) is 136 Å². The van der Waals surface area contributed by atoms with Gasteiger partial charge in [0.15, 0.2) is 0 Å². The second-order valence-electron chi connectivity index (χ2n) is 8.63. The van der Waals surface area contributed by atoms with Gasteiger partial charge in [-0.15, -0.1) is 0 Å². The molecular formula is C23H47KO4S. The normalized spacial score (nSPS) is 13.8. The number of hydrogen-bond donors (Lipinski definition) is 1. The molecule has 0 aromatic carbocycles. The SMILES string of the molecule is CCCCCCCCCCCCC(O)CCCCCCCCC(C)S(=O)(=O)[O-].[K+]. The van der Waals surface area contributed by atoms with Crippen molar-refractivity contribution in [2.75, 3.05) is 0 Å². The second kappa shape index (κ2) is 22.7. The van der Waals surface area contributed by atoms with E-state index in [1.807, 2.05) is 0 Å². The fraction of sp³-hybridized carbons (Fsp3) is 1.00. The van der Waals surface area contributed by atoms with Crippen molar-refractivity contribution in [3.63, 3.8) is 0 Å². The Labute approximate surface area is 224 Å². The molecule has 0 aliphatic heterocycles. The Morgan fingerprint density at radius 1 is 0.655 bits per heavy atom. The summed E-state index contributed by atoms with van der Waals surface area (Å²) >= 11 is 0. The third kappa shape index (κ3) is 24.0. The summed E-state index contributed by atoms with van der Waals surface area (Å²) in [5, 5.41) is 9.31. The van der Waals surface area contributed by atoms with E-state index in [1.54, 1.807) is 0 Å². The molecule has 0 heterocycles. The molecule has 1 N–H and O–H groups in total. The smallest absolute Gasteiger partial charge is 0.748 e. The van der Waals surface area contributed by atoms with Crippen LogP contribution in [0.15, 0.2) is 0 Å². The van der Waals surface area contributed by atoms with Crippen LogP contribution in [0, 0.1) is 0 Å². The van der Waals surface area contributed by atoms with Crippen molar-refractivity contribution in [2.45, 2.75) is 147 Å². The molecule has 0 aromatic heterocycles. The van der Waals surface area contributed by atoms with Gasteiger partial charge in [0.2, 0.25) is 0 Å². The summed E-state index contributed by atoms with van der Waals surface area (Å²) in [5.41, 5.74) is 0. The Kier molecular flexibility index (Phi) is 25.6. The Hall–Kier alpha value is 1.51. The zero-order valence-corrected chi connectivity index (χ0v) is 23.6. The second-order valence-corrected chi connectivity index (χ2v) is 10.4. The average Bonchev–Trinajstić information content (AvgIpc) is 2.64. The molecule has 4 nitrogen and oxygen atoms in total. The van der Waals surface area contributed by atoms with Crippen LogP contribution in [0.5, 0.6) is 0 Å². The van der Waals surface area contributed by atoms with Crippen molar-refractivity contribution in [2.24, 2.45) is 0 Å². The molecule has 0 rings (SSSR count). The number of aliphatic hydroxyl groups is 1. The Balaban J connectivity index is 0. The summed E-state index contributed by atoms with van der Waals surface area (Å²) in [6.45, 7) is 3.76. The third-order valence-electron chi connectivity index (χ3n) is 5.78. The van der Waals surface area contributed by atoms with Crippen LogP contribution in [0.4, 0.5) is 0 Å². The number of aliphatic hydroxyl groups excluding tert-OH is 1. The van der Waals surface area contributed by atoms with Crippen LogP contribution in [-0.4, -0.2) is 29.4 Å². The van der Waals surface area contributed by atoms with E-state index in [4.69, 9.17) is 0 Å². The first-order valence-electron chi connectivity index (χ1n) is 12.0. The first-order chi connectivity index (χ1) is 13.4. The Morgan fingerprint density at radius 3 is 1.31 bits per heavy atom. The first-order valence-corrected chi connectivity index (χ1v) is 13.5. The third-order valence-corrected chi connectivity index (χ3v) is 7.00. The minimum atomic E-state index is -4.11. The van der Waals surface area contributed by atoms with Crippen molar-refractivity contribution in [1.82, 2.24) is 0 Å². The maximum absolute atomic E-state index is 10.8. The minimum absolute atomic E-state index is 0. The van der Waals surface area contributed by atoms with Crippen molar-refractivity contribution >= 4 is 10.1 Å². The van der Waals surface area contributed by atoms with Gasteiger partial charge in [0.05, 0.1) is 16.2 Å². The Bertz CT molecular complexity index is 429. The molecule has 0 saturated carbocycles. The molecular weight excluding hydrogens is 411 g/mol. The molecule has 0 fully saturated rings. The standard InChI is InChI=1S/C23H48O4S.K/c1-3-4-5-6-7-8-9-10-14-17-20-23(24)21-18-15-12-11-13-16-19-22(2)28(25,26)27;/h22-24H,3-21H2,1-2H3,(H,25,26,27);/q;+1/p-1. The molecule has 29 heavy (non-hydrogen) atoms. The van der Waals surface area contributed by atoms with Crippen LogP contribution >= 0.6 is 0 Å². The molecule has 170 valence electrons. The van der Waals surface area contributed by atoms with Crippen molar-refractivity contribution in [3.8, 4) is 0 Å². The van der Waals surface area contributed by atoms with Crippen LogP contribution in [0.25, 0.3) is 0 Å². The summed E-state index contributed by atoms with van der Waals surface area (Å²) in [4.78, 5) is 0. The predicted molar refractivity (Wildman–Crippen MR) is 119 cm³/mol. The van der Waals surface area contributed by atoms with E-state index in [-0.39, 0.29) is 57.5 Å². The van der Waals surface area contributed by atoms with Gasteiger partial charge in [-0.3, -0.25) is 0 Å². The van der Waals surface area contributed by atoms with E-state index in [9.17, 15) is 18.1 Å². The molecule has 0 bridgehead atoms. The molecule has 0 saturated heterocycles. The van der Waals surface area contributed by atoms with Gasteiger partial charge in [-0.25, -0.2) is 8.42 Å². The van der Waals surface area contributed by atoms with Gasteiger partial charge in [0.25, 0.3) is 0 Å². The van der Waals surface area contributed by atoms with Crippen LogP contribution < -0.4 is 51.4 Å². The topological polar surface area (TPSA) is 77.4 Å². The minimum Gasteiger partial charge on any atom is -0.748 e. The first kappa shape index (κ1) is 32.7. The van der Waals surface area contributed by atoms with E-state index in [0.29, 0.717) is 6.42 Å². The van der Waals surface area contributed by atoms with Crippen molar-refractivity contribution < 1.29 is 69.5 Å². The maximum atomic E-state index is 10.8. The molecule has 0 aliphatic rings. The predicted octanol–water partition coefficient (Wildman–Crippen LogP) is 3.72. The molecule has 0 radical (unpaired) electrons.